The van der Waals surface area contributed by atoms with Crippen LogP contribution in [-0.4, -0.2) is 24.8 Å². The van der Waals surface area contributed by atoms with E-state index in [1.54, 1.807) is 12.1 Å². The topological polar surface area (TPSA) is 76.3 Å². The molecule has 0 saturated heterocycles. The second-order valence-corrected chi connectivity index (χ2v) is 6.70. The molecule has 0 atom stereocenters. The lowest BCUT2D eigenvalue weighted by molar-refractivity contribution is 0.461. The molecule has 21 heavy (non-hydrogen) atoms. The van der Waals surface area contributed by atoms with Crippen molar-refractivity contribution in [3.05, 3.63) is 53.6 Å². The average Bonchev–Trinajstić information content (AvgIpc) is 2.41. The third kappa shape index (κ3) is 3.20. The number of para-hydroxylation sites is 1. The summed E-state index contributed by atoms with van der Waals surface area (Å²) in [5.41, 5.74) is 6.56. The maximum Gasteiger partial charge on any atom is 0.245 e. The standard InChI is InChI=1S/C14H16FN3O2S/c1-10-5-3-6-11(17-10)9-18(2)21(19,20)13-8-4-7-12(15)14(13)16/h3-8H,9,16H2,1-2H3. The normalized spacial score (nSPS) is 11.8. The van der Waals surface area contributed by atoms with Gasteiger partial charge in [-0.1, -0.05) is 12.1 Å². The van der Waals surface area contributed by atoms with Gasteiger partial charge in [0.2, 0.25) is 10.0 Å². The predicted octanol–water partition coefficient (Wildman–Crippen LogP) is 1.93. The van der Waals surface area contributed by atoms with Crippen molar-refractivity contribution >= 4 is 15.7 Å². The molecule has 2 rings (SSSR count). The maximum absolute atomic E-state index is 13.4. The molecule has 0 unspecified atom stereocenters. The van der Waals surface area contributed by atoms with E-state index >= 15 is 0 Å². The number of anilines is 1. The number of sulfonamides is 1. The van der Waals surface area contributed by atoms with E-state index in [1.807, 2.05) is 13.0 Å². The molecule has 0 radical (unpaired) electrons. The van der Waals surface area contributed by atoms with Crippen LogP contribution in [0.2, 0.25) is 0 Å². The molecule has 0 aliphatic carbocycles. The number of rotatable bonds is 4. The zero-order chi connectivity index (χ0) is 15.6. The van der Waals surface area contributed by atoms with Gasteiger partial charge < -0.3 is 5.73 Å². The molecule has 0 aliphatic heterocycles. The fourth-order valence-corrected chi connectivity index (χ4v) is 3.17. The predicted molar refractivity (Wildman–Crippen MR) is 78.4 cm³/mol. The molecular weight excluding hydrogens is 293 g/mol. The summed E-state index contributed by atoms with van der Waals surface area (Å²) in [6.07, 6.45) is 0. The molecular formula is C14H16FN3O2S. The fourth-order valence-electron chi connectivity index (χ4n) is 1.91. The van der Waals surface area contributed by atoms with Crippen molar-refractivity contribution in [2.75, 3.05) is 12.8 Å². The molecule has 1 aromatic heterocycles. The van der Waals surface area contributed by atoms with Crippen molar-refractivity contribution in [3.8, 4) is 0 Å². The van der Waals surface area contributed by atoms with E-state index in [-0.39, 0.29) is 17.1 Å². The number of pyridine rings is 1. The third-order valence-corrected chi connectivity index (χ3v) is 4.89. The van der Waals surface area contributed by atoms with E-state index < -0.39 is 15.8 Å². The van der Waals surface area contributed by atoms with Gasteiger partial charge in [-0.05, 0) is 31.2 Å². The number of halogens is 1. The highest BCUT2D eigenvalue weighted by Gasteiger charge is 2.25. The van der Waals surface area contributed by atoms with Gasteiger partial charge in [0.25, 0.3) is 0 Å². The molecule has 2 aromatic rings. The molecule has 0 saturated carbocycles. The van der Waals surface area contributed by atoms with E-state index in [4.69, 9.17) is 5.73 Å². The minimum Gasteiger partial charge on any atom is -0.395 e. The van der Waals surface area contributed by atoms with Gasteiger partial charge in [-0.15, -0.1) is 0 Å². The first-order chi connectivity index (χ1) is 9.82. The minimum absolute atomic E-state index is 0.0833. The van der Waals surface area contributed by atoms with E-state index in [9.17, 15) is 12.8 Å². The van der Waals surface area contributed by atoms with Crippen LogP contribution in [0.5, 0.6) is 0 Å². The zero-order valence-corrected chi connectivity index (χ0v) is 12.6. The van der Waals surface area contributed by atoms with Gasteiger partial charge in [0, 0.05) is 12.7 Å². The number of nitrogen functional groups attached to an aromatic ring is 1. The van der Waals surface area contributed by atoms with Crippen molar-refractivity contribution in [1.82, 2.24) is 9.29 Å². The van der Waals surface area contributed by atoms with Gasteiger partial charge in [0.15, 0.2) is 0 Å². The monoisotopic (exact) mass is 309 g/mol. The summed E-state index contributed by atoms with van der Waals surface area (Å²) < 4.78 is 39.4. The van der Waals surface area contributed by atoms with Crippen LogP contribution in [0.3, 0.4) is 0 Å². The van der Waals surface area contributed by atoms with E-state index in [0.29, 0.717) is 5.69 Å². The van der Waals surface area contributed by atoms with Crippen molar-refractivity contribution in [1.29, 1.82) is 0 Å². The first-order valence-electron chi connectivity index (χ1n) is 6.25. The Morgan fingerprint density at radius 3 is 2.57 bits per heavy atom. The Kier molecular flexibility index (Phi) is 4.24. The molecule has 0 amide bonds. The lowest BCUT2D eigenvalue weighted by atomic mass is 10.3. The summed E-state index contributed by atoms with van der Waals surface area (Å²) in [5, 5.41) is 0. The number of hydrogen-bond donors (Lipinski definition) is 1. The zero-order valence-electron chi connectivity index (χ0n) is 11.7. The lowest BCUT2D eigenvalue weighted by Gasteiger charge is -2.18. The van der Waals surface area contributed by atoms with Gasteiger partial charge in [0.05, 0.1) is 17.9 Å². The number of aromatic nitrogens is 1. The lowest BCUT2D eigenvalue weighted by Crippen LogP contribution is -2.27. The fraction of sp³-hybridized carbons (Fsp3) is 0.214. The molecule has 7 heteroatoms. The number of hydrogen-bond acceptors (Lipinski definition) is 4. The summed E-state index contributed by atoms with van der Waals surface area (Å²) in [5.74, 6) is -0.752. The molecule has 0 fully saturated rings. The van der Waals surface area contributed by atoms with Crippen LogP contribution in [0.25, 0.3) is 0 Å². The Morgan fingerprint density at radius 1 is 1.24 bits per heavy atom. The number of aryl methyl sites for hydroxylation is 1. The molecule has 1 heterocycles. The van der Waals surface area contributed by atoms with E-state index in [2.05, 4.69) is 4.98 Å². The molecule has 0 spiro atoms. The number of benzene rings is 1. The minimum atomic E-state index is -3.87. The molecule has 0 bridgehead atoms. The van der Waals surface area contributed by atoms with Gasteiger partial charge in [-0.3, -0.25) is 4.98 Å². The second kappa shape index (κ2) is 5.79. The molecule has 2 N–H and O–H groups in total. The number of nitrogens with two attached hydrogens (primary N) is 1. The Hall–Kier alpha value is -1.99. The Balaban J connectivity index is 2.33. The highest BCUT2D eigenvalue weighted by atomic mass is 32.2. The molecule has 5 nitrogen and oxygen atoms in total. The largest absolute Gasteiger partial charge is 0.395 e. The molecule has 1 aromatic carbocycles. The van der Waals surface area contributed by atoms with E-state index in [1.165, 1.54) is 19.2 Å². The SMILES string of the molecule is Cc1cccc(CN(C)S(=O)(=O)c2cccc(F)c2N)n1. The van der Waals surface area contributed by atoms with Crippen molar-refractivity contribution < 1.29 is 12.8 Å². The summed E-state index contributed by atoms with van der Waals surface area (Å²) in [6, 6.07) is 9.08. The van der Waals surface area contributed by atoms with E-state index in [0.717, 1.165) is 16.1 Å². The highest BCUT2D eigenvalue weighted by molar-refractivity contribution is 7.89. The summed E-state index contributed by atoms with van der Waals surface area (Å²) >= 11 is 0. The van der Waals surface area contributed by atoms with Crippen molar-refractivity contribution in [2.24, 2.45) is 0 Å². The molecule has 0 aliphatic rings. The number of nitrogens with zero attached hydrogens (tertiary/aromatic N) is 2. The van der Waals surface area contributed by atoms with Crippen LogP contribution in [0.1, 0.15) is 11.4 Å². The van der Waals surface area contributed by atoms with Gasteiger partial charge >= 0.3 is 0 Å². The van der Waals surface area contributed by atoms with Crippen LogP contribution >= 0.6 is 0 Å². The summed E-state index contributed by atoms with van der Waals surface area (Å²) in [7, 11) is -2.47. The van der Waals surface area contributed by atoms with Crippen LogP contribution in [0.4, 0.5) is 10.1 Å². The van der Waals surface area contributed by atoms with Gasteiger partial charge in [-0.2, -0.15) is 4.31 Å². The maximum atomic E-state index is 13.4. The highest BCUT2D eigenvalue weighted by Crippen LogP contribution is 2.24. The van der Waals surface area contributed by atoms with Crippen LogP contribution in [0.15, 0.2) is 41.3 Å². The first-order valence-corrected chi connectivity index (χ1v) is 7.69. The van der Waals surface area contributed by atoms with Crippen LogP contribution < -0.4 is 5.73 Å². The Morgan fingerprint density at radius 2 is 1.90 bits per heavy atom. The second-order valence-electron chi connectivity index (χ2n) is 4.68. The smallest absolute Gasteiger partial charge is 0.245 e. The van der Waals surface area contributed by atoms with Crippen molar-refractivity contribution in [3.63, 3.8) is 0 Å². The Bertz CT molecular complexity index is 763. The summed E-state index contributed by atoms with van der Waals surface area (Å²) in [4.78, 5) is 4.01. The van der Waals surface area contributed by atoms with Crippen LogP contribution in [0, 0.1) is 12.7 Å². The van der Waals surface area contributed by atoms with Crippen molar-refractivity contribution in [2.45, 2.75) is 18.4 Å². The van der Waals surface area contributed by atoms with Gasteiger partial charge in [0.1, 0.15) is 10.7 Å². The quantitative estimate of drug-likeness (QED) is 0.876. The first kappa shape index (κ1) is 15.4. The average molecular weight is 309 g/mol. The summed E-state index contributed by atoms with van der Waals surface area (Å²) in [6.45, 7) is 1.91. The third-order valence-electron chi connectivity index (χ3n) is 3.03. The van der Waals surface area contributed by atoms with Crippen LogP contribution in [-0.2, 0) is 16.6 Å². The van der Waals surface area contributed by atoms with Gasteiger partial charge in [-0.25, -0.2) is 12.8 Å². The molecule has 112 valence electrons. The Labute approximate surface area is 123 Å².